The molecular formula is C12H12F2N2O2S2. The molecule has 1 heterocycles. The first-order valence-corrected chi connectivity index (χ1v) is 7.97. The molecule has 108 valence electrons. The molecule has 0 bridgehead atoms. The zero-order valence-electron chi connectivity index (χ0n) is 10.8. The van der Waals surface area contributed by atoms with Crippen LogP contribution in [-0.2, 0) is 16.6 Å². The van der Waals surface area contributed by atoms with Gasteiger partial charge < -0.3 is 0 Å². The number of nitrogens with zero attached hydrogens (tertiary/aromatic N) is 1. The molecule has 0 saturated heterocycles. The van der Waals surface area contributed by atoms with Crippen molar-refractivity contribution in [1.82, 2.24) is 9.71 Å². The molecule has 20 heavy (non-hydrogen) atoms. The molecule has 1 aromatic carbocycles. The Labute approximate surface area is 119 Å². The summed E-state index contributed by atoms with van der Waals surface area (Å²) in [5, 5.41) is 0.838. The molecule has 0 unspecified atom stereocenters. The Kier molecular flexibility index (Phi) is 4.17. The number of thiazole rings is 1. The molecule has 0 saturated carbocycles. The maximum Gasteiger partial charge on any atom is 0.241 e. The SMILES string of the molecule is Cc1nc(C)c(CNS(=O)(=O)c2ccc(F)c(F)c2)s1. The number of halogens is 2. The third kappa shape index (κ3) is 3.20. The summed E-state index contributed by atoms with van der Waals surface area (Å²) >= 11 is 1.38. The molecule has 2 aromatic rings. The predicted octanol–water partition coefficient (Wildman–Crippen LogP) is 2.52. The molecule has 0 fully saturated rings. The Hall–Kier alpha value is -1.38. The van der Waals surface area contributed by atoms with Crippen LogP contribution >= 0.6 is 11.3 Å². The van der Waals surface area contributed by atoms with Crippen LogP contribution in [0.3, 0.4) is 0 Å². The van der Waals surface area contributed by atoms with E-state index in [9.17, 15) is 17.2 Å². The second-order valence-electron chi connectivity index (χ2n) is 4.14. The highest BCUT2D eigenvalue weighted by Crippen LogP contribution is 2.18. The number of rotatable bonds is 4. The molecule has 1 aromatic heterocycles. The molecule has 8 heteroatoms. The van der Waals surface area contributed by atoms with E-state index >= 15 is 0 Å². The summed E-state index contributed by atoms with van der Waals surface area (Å²) in [5.41, 5.74) is 0.750. The lowest BCUT2D eigenvalue weighted by Crippen LogP contribution is -2.23. The number of benzene rings is 1. The van der Waals surface area contributed by atoms with Crippen LogP contribution < -0.4 is 4.72 Å². The van der Waals surface area contributed by atoms with Crippen LogP contribution in [0.1, 0.15) is 15.6 Å². The lowest BCUT2D eigenvalue weighted by atomic mass is 10.3. The summed E-state index contributed by atoms with van der Waals surface area (Å²) in [4.78, 5) is 4.66. The smallest absolute Gasteiger partial charge is 0.241 e. The van der Waals surface area contributed by atoms with Gasteiger partial charge in [-0.1, -0.05) is 0 Å². The molecule has 4 nitrogen and oxygen atoms in total. The van der Waals surface area contributed by atoms with Crippen molar-refractivity contribution in [2.75, 3.05) is 0 Å². The summed E-state index contributed by atoms with van der Waals surface area (Å²) in [5.74, 6) is -2.28. The normalized spacial score (nSPS) is 11.8. The molecular weight excluding hydrogens is 306 g/mol. The van der Waals surface area contributed by atoms with Gasteiger partial charge in [-0.15, -0.1) is 11.3 Å². The first kappa shape index (κ1) is 15.0. The van der Waals surface area contributed by atoms with E-state index < -0.39 is 21.7 Å². The molecule has 0 spiro atoms. The number of aromatic nitrogens is 1. The lowest BCUT2D eigenvalue weighted by molar-refractivity contribution is 0.504. The van der Waals surface area contributed by atoms with Gasteiger partial charge in [0, 0.05) is 11.4 Å². The van der Waals surface area contributed by atoms with Gasteiger partial charge in [0.25, 0.3) is 0 Å². The number of aryl methyl sites for hydroxylation is 2. The van der Waals surface area contributed by atoms with Gasteiger partial charge in [-0.3, -0.25) is 0 Å². The Morgan fingerprint density at radius 3 is 2.50 bits per heavy atom. The summed E-state index contributed by atoms with van der Waals surface area (Å²) in [6.07, 6.45) is 0. The van der Waals surface area contributed by atoms with Crippen LogP contribution in [0.5, 0.6) is 0 Å². The molecule has 1 N–H and O–H groups in total. The van der Waals surface area contributed by atoms with Crippen LogP contribution in [0.4, 0.5) is 8.78 Å². The standard InChI is InChI=1S/C12H12F2N2O2S2/c1-7-12(19-8(2)16-7)6-15-20(17,18)9-3-4-10(13)11(14)5-9/h3-5,15H,6H2,1-2H3. The molecule has 0 radical (unpaired) electrons. The Balaban J connectivity index is 2.19. The third-order valence-electron chi connectivity index (χ3n) is 2.62. The van der Waals surface area contributed by atoms with Crippen LogP contribution in [0.15, 0.2) is 23.1 Å². The largest absolute Gasteiger partial charge is 0.247 e. The maximum absolute atomic E-state index is 13.1. The van der Waals surface area contributed by atoms with E-state index in [1.54, 1.807) is 6.92 Å². The van der Waals surface area contributed by atoms with Crippen molar-refractivity contribution in [2.24, 2.45) is 0 Å². The van der Waals surface area contributed by atoms with Crippen molar-refractivity contribution in [3.63, 3.8) is 0 Å². The highest BCUT2D eigenvalue weighted by molar-refractivity contribution is 7.89. The average molecular weight is 318 g/mol. The molecule has 0 aliphatic carbocycles. The maximum atomic E-state index is 13.1. The second-order valence-corrected chi connectivity index (χ2v) is 7.20. The van der Waals surface area contributed by atoms with Crippen molar-refractivity contribution < 1.29 is 17.2 Å². The first-order valence-electron chi connectivity index (χ1n) is 5.67. The molecule has 0 amide bonds. The van der Waals surface area contributed by atoms with E-state index in [-0.39, 0.29) is 11.4 Å². The number of sulfonamides is 1. The highest BCUT2D eigenvalue weighted by atomic mass is 32.2. The molecule has 2 rings (SSSR count). The minimum absolute atomic E-state index is 0.0681. The monoisotopic (exact) mass is 318 g/mol. The van der Waals surface area contributed by atoms with Gasteiger partial charge >= 0.3 is 0 Å². The van der Waals surface area contributed by atoms with Crippen LogP contribution in [-0.4, -0.2) is 13.4 Å². The summed E-state index contributed by atoms with van der Waals surface area (Å²) in [6, 6.07) is 2.46. The number of hydrogen-bond acceptors (Lipinski definition) is 4. The minimum atomic E-state index is -3.88. The average Bonchev–Trinajstić information content (AvgIpc) is 2.69. The molecule has 0 aliphatic heterocycles. The zero-order chi connectivity index (χ0) is 14.9. The lowest BCUT2D eigenvalue weighted by Gasteiger charge is -2.06. The minimum Gasteiger partial charge on any atom is -0.247 e. The van der Waals surface area contributed by atoms with Crippen molar-refractivity contribution >= 4 is 21.4 Å². The fourth-order valence-corrected chi connectivity index (χ4v) is 3.60. The highest BCUT2D eigenvalue weighted by Gasteiger charge is 2.17. The van der Waals surface area contributed by atoms with E-state index in [2.05, 4.69) is 9.71 Å². The number of nitrogens with one attached hydrogen (secondary N) is 1. The van der Waals surface area contributed by atoms with E-state index in [0.29, 0.717) is 6.07 Å². The van der Waals surface area contributed by atoms with E-state index in [1.807, 2.05) is 6.92 Å². The van der Waals surface area contributed by atoms with Gasteiger partial charge in [-0.05, 0) is 32.0 Å². The van der Waals surface area contributed by atoms with Gasteiger partial charge in [-0.25, -0.2) is 26.9 Å². The van der Waals surface area contributed by atoms with Gasteiger partial charge in [0.15, 0.2) is 11.6 Å². The Bertz CT molecular complexity index is 742. The topological polar surface area (TPSA) is 59.1 Å². The second kappa shape index (κ2) is 5.55. The third-order valence-corrected chi connectivity index (χ3v) is 5.10. The fraction of sp³-hybridized carbons (Fsp3) is 0.250. The Morgan fingerprint density at radius 2 is 1.95 bits per heavy atom. The zero-order valence-corrected chi connectivity index (χ0v) is 12.4. The molecule has 0 aliphatic rings. The predicted molar refractivity (Wildman–Crippen MR) is 72.0 cm³/mol. The summed E-state index contributed by atoms with van der Waals surface area (Å²) in [6.45, 7) is 3.67. The van der Waals surface area contributed by atoms with Crippen LogP contribution in [0.25, 0.3) is 0 Å². The van der Waals surface area contributed by atoms with Gasteiger partial charge in [0.05, 0.1) is 15.6 Å². The fourth-order valence-electron chi connectivity index (χ4n) is 1.63. The van der Waals surface area contributed by atoms with Gasteiger partial charge in [-0.2, -0.15) is 0 Å². The quantitative estimate of drug-likeness (QED) is 0.942. The van der Waals surface area contributed by atoms with Crippen molar-refractivity contribution in [2.45, 2.75) is 25.3 Å². The molecule has 0 atom stereocenters. The van der Waals surface area contributed by atoms with Crippen LogP contribution in [0.2, 0.25) is 0 Å². The first-order chi connectivity index (χ1) is 9.29. The van der Waals surface area contributed by atoms with Gasteiger partial charge in [0.1, 0.15) is 0 Å². The van der Waals surface area contributed by atoms with Crippen molar-refractivity contribution in [1.29, 1.82) is 0 Å². The van der Waals surface area contributed by atoms with E-state index in [0.717, 1.165) is 27.7 Å². The van der Waals surface area contributed by atoms with Crippen LogP contribution in [0, 0.1) is 25.5 Å². The van der Waals surface area contributed by atoms with Gasteiger partial charge in [0.2, 0.25) is 10.0 Å². The van der Waals surface area contributed by atoms with E-state index in [4.69, 9.17) is 0 Å². The van der Waals surface area contributed by atoms with Crippen molar-refractivity contribution in [3.8, 4) is 0 Å². The van der Waals surface area contributed by atoms with Crippen molar-refractivity contribution in [3.05, 3.63) is 45.4 Å². The summed E-state index contributed by atoms with van der Waals surface area (Å²) < 4.78 is 52.1. The Morgan fingerprint density at radius 1 is 1.25 bits per heavy atom. The summed E-state index contributed by atoms with van der Waals surface area (Å²) in [7, 11) is -3.88. The van der Waals surface area contributed by atoms with E-state index in [1.165, 1.54) is 11.3 Å². The number of hydrogen-bond donors (Lipinski definition) is 1.